The topological polar surface area (TPSA) is 85.8 Å². The van der Waals surface area contributed by atoms with Crippen molar-refractivity contribution in [2.45, 2.75) is 52.0 Å². The van der Waals surface area contributed by atoms with Crippen LogP contribution >= 0.6 is 0 Å². The van der Waals surface area contributed by atoms with Crippen LogP contribution in [0, 0.1) is 5.41 Å². The van der Waals surface area contributed by atoms with Gasteiger partial charge in [0.1, 0.15) is 0 Å². The summed E-state index contributed by atoms with van der Waals surface area (Å²) in [7, 11) is 1.63. The summed E-state index contributed by atoms with van der Waals surface area (Å²) >= 11 is 0. The zero-order valence-electron chi connectivity index (χ0n) is 16.7. The first-order valence-corrected chi connectivity index (χ1v) is 10.1. The Kier molecular flexibility index (Phi) is 8.58. The molecule has 27 heavy (non-hydrogen) atoms. The fraction of sp³-hybridized carbons (Fsp3) is 0.619. The molecular weight excluding hydrogens is 340 g/mol. The molecule has 1 amide bonds. The third kappa shape index (κ3) is 6.54. The summed E-state index contributed by atoms with van der Waals surface area (Å²) in [6, 6.07) is 7.52. The van der Waals surface area contributed by atoms with Gasteiger partial charge in [0.05, 0.1) is 6.54 Å². The van der Waals surface area contributed by atoms with Crippen LogP contribution in [0.3, 0.4) is 0 Å². The number of carbonyl (C=O) groups is 1. The molecule has 1 fully saturated rings. The summed E-state index contributed by atoms with van der Waals surface area (Å²) < 4.78 is 0. The van der Waals surface area contributed by atoms with Gasteiger partial charge in [-0.25, -0.2) is 4.99 Å². The molecule has 2 rings (SSSR count). The maximum absolute atomic E-state index is 11.6. The maximum Gasteiger partial charge on any atom is 0.251 e. The van der Waals surface area contributed by atoms with Gasteiger partial charge in [-0.1, -0.05) is 31.4 Å². The molecule has 0 bridgehead atoms. The number of benzene rings is 1. The summed E-state index contributed by atoms with van der Waals surface area (Å²) in [6.45, 7) is 4.49. The minimum absolute atomic E-state index is 0.0817. The van der Waals surface area contributed by atoms with Crippen molar-refractivity contribution >= 4 is 11.9 Å². The third-order valence-electron chi connectivity index (χ3n) is 5.39. The van der Waals surface area contributed by atoms with Gasteiger partial charge in [-0.15, -0.1) is 0 Å². The zero-order valence-corrected chi connectivity index (χ0v) is 16.7. The van der Waals surface area contributed by atoms with Crippen molar-refractivity contribution < 1.29 is 9.90 Å². The van der Waals surface area contributed by atoms with Gasteiger partial charge in [-0.2, -0.15) is 0 Å². The average Bonchev–Trinajstić information content (AvgIpc) is 2.71. The average molecular weight is 375 g/mol. The Morgan fingerprint density at radius 3 is 2.44 bits per heavy atom. The van der Waals surface area contributed by atoms with E-state index in [-0.39, 0.29) is 17.9 Å². The van der Waals surface area contributed by atoms with E-state index >= 15 is 0 Å². The highest BCUT2D eigenvalue weighted by atomic mass is 16.3. The van der Waals surface area contributed by atoms with Crippen molar-refractivity contribution in [3.63, 3.8) is 0 Å². The van der Waals surface area contributed by atoms with Gasteiger partial charge in [-0.05, 0) is 49.3 Å². The van der Waals surface area contributed by atoms with Gasteiger partial charge in [0.2, 0.25) is 0 Å². The van der Waals surface area contributed by atoms with Crippen LogP contribution in [0.1, 0.15) is 61.4 Å². The molecule has 1 aliphatic rings. The Bertz CT molecular complexity index is 602. The van der Waals surface area contributed by atoms with Gasteiger partial charge < -0.3 is 21.1 Å². The van der Waals surface area contributed by atoms with E-state index in [9.17, 15) is 9.90 Å². The second-order valence-electron chi connectivity index (χ2n) is 7.36. The molecule has 0 aliphatic heterocycles. The van der Waals surface area contributed by atoms with Crippen LogP contribution < -0.4 is 16.0 Å². The Balaban J connectivity index is 1.97. The van der Waals surface area contributed by atoms with E-state index in [1.807, 2.05) is 24.3 Å². The van der Waals surface area contributed by atoms with Crippen LogP contribution in [0.15, 0.2) is 29.3 Å². The number of nitrogens with zero attached hydrogens (tertiary/aromatic N) is 1. The number of aliphatic imine (C=N–C) groups is 1. The van der Waals surface area contributed by atoms with E-state index in [1.165, 1.54) is 32.1 Å². The van der Waals surface area contributed by atoms with Crippen molar-refractivity contribution in [3.8, 4) is 0 Å². The minimum atomic E-state index is -0.0817. The number of nitrogens with one attached hydrogen (secondary N) is 3. The largest absolute Gasteiger partial charge is 0.396 e. The van der Waals surface area contributed by atoms with Crippen LogP contribution in [0.5, 0.6) is 0 Å². The van der Waals surface area contributed by atoms with Gasteiger partial charge in [-0.3, -0.25) is 4.79 Å². The predicted octanol–water partition coefficient (Wildman–Crippen LogP) is 2.43. The zero-order chi connectivity index (χ0) is 19.5. The molecule has 1 saturated carbocycles. The molecule has 6 heteroatoms. The monoisotopic (exact) mass is 374 g/mol. The number of amides is 1. The van der Waals surface area contributed by atoms with Crippen molar-refractivity contribution in [3.05, 3.63) is 35.4 Å². The molecule has 1 aromatic carbocycles. The second-order valence-corrected chi connectivity index (χ2v) is 7.36. The molecule has 6 nitrogen and oxygen atoms in total. The number of hydrogen-bond acceptors (Lipinski definition) is 3. The Morgan fingerprint density at radius 2 is 1.85 bits per heavy atom. The molecule has 4 N–H and O–H groups in total. The van der Waals surface area contributed by atoms with Gasteiger partial charge in [0.15, 0.2) is 5.96 Å². The highest BCUT2D eigenvalue weighted by Gasteiger charge is 2.31. The van der Waals surface area contributed by atoms with Gasteiger partial charge in [0, 0.05) is 32.3 Å². The van der Waals surface area contributed by atoms with Crippen molar-refractivity contribution in [2.75, 3.05) is 26.7 Å². The Labute approximate surface area is 162 Å². The van der Waals surface area contributed by atoms with Crippen LogP contribution in [-0.4, -0.2) is 43.7 Å². The maximum atomic E-state index is 11.6. The number of aliphatic hydroxyl groups is 1. The molecular formula is C21H34N4O2. The molecule has 0 radical (unpaired) electrons. The first kappa shape index (κ1) is 21.2. The number of guanidine groups is 1. The molecule has 0 spiro atoms. The number of rotatable bonds is 8. The second kappa shape index (κ2) is 10.9. The SMILES string of the molecule is CCNC(=NCc1ccc(C(=O)NC)cc1)NCC1(CCO)CCCCC1. The summed E-state index contributed by atoms with van der Waals surface area (Å²) in [5.41, 5.74) is 1.89. The lowest BCUT2D eigenvalue weighted by atomic mass is 9.72. The smallest absolute Gasteiger partial charge is 0.251 e. The van der Waals surface area contributed by atoms with Crippen LogP contribution in [0.2, 0.25) is 0 Å². The van der Waals surface area contributed by atoms with Crippen molar-refractivity contribution in [1.82, 2.24) is 16.0 Å². The molecule has 0 atom stereocenters. The molecule has 0 aromatic heterocycles. The lowest BCUT2D eigenvalue weighted by molar-refractivity contribution is 0.0963. The highest BCUT2D eigenvalue weighted by molar-refractivity contribution is 5.93. The lowest BCUT2D eigenvalue weighted by Gasteiger charge is -2.37. The normalized spacial score (nSPS) is 16.6. The fourth-order valence-corrected chi connectivity index (χ4v) is 3.74. The summed E-state index contributed by atoms with van der Waals surface area (Å²) in [5, 5.41) is 18.9. The summed E-state index contributed by atoms with van der Waals surface area (Å²) in [5.74, 6) is 0.720. The third-order valence-corrected chi connectivity index (χ3v) is 5.39. The molecule has 1 aliphatic carbocycles. The molecule has 1 aromatic rings. The van der Waals surface area contributed by atoms with Crippen LogP contribution in [-0.2, 0) is 6.54 Å². The molecule has 150 valence electrons. The number of carbonyl (C=O) groups excluding carboxylic acids is 1. The van der Waals surface area contributed by atoms with E-state index in [0.717, 1.165) is 31.0 Å². The summed E-state index contributed by atoms with van der Waals surface area (Å²) in [6.07, 6.45) is 6.97. The van der Waals surface area contributed by atoms with Crippen LogP contribution in [0.25, 0.3) is 0 Å². The minimum Gasteiger partial charge on any atom is -0.396 e. The Hall–Kier alpha value is -2.08. The van der Waals surface area contributed by atoms with Crippen LogP contribution in [0.4, 0.5) is 0 Å². The quantitative estimate of drug-likeness (QED) is 0.416. The fourth-order valence-electron chi connectivity index (χ4n) is 3.74. The number of hydrogen-bond donors (Lipinski definition) is 4. The molecule has 0 heterocycles. The predicted molar refractivity (Wildman–Crippen MR) is 110 cm³/mol. The van der Waals surface area contributed by atoms with E-state index in [2.05, 4.69) is 27.9 Å². The van der Waals surface area contributed by atoms with Crippen molar-refractivity contribution in [2.24, 2.45) is 10.4 Å². The van der Waals surface area contributed by atoms with E-state index in [4.69, 9.17) is 0 Å². The van der Waals surface area contributed by atoms with Crippen molar-refractivity contribution in [1.29, 1.82) is 0 Å². The first-order chi connectivity index (χ1) is 13.1. The first-order valence-electron chi connectivity index (χ1n) is 10.1. The van der Waals surface area contributed by atoms with E-state index in [1.54, 1.807) is 7.05 Å². The lowest BCUT2D eigenvalue weighted by Crippen LogP contribution is -2.44. The standard InChI is InChI=1S/C21H34N4O2/c1-3-23-20(25-16-21(13-14-26)11-5-4-6-12-21)24-15-17-7-9-18(10-8-17)19(27)22-2/h7-10,26H,3-6,11-16H2,1-2H3,(H,22,27)(H2,23,24,25). The summed E-state index contributed by atoms with van der Waals surface area (Å²) in [4.78, 5) is 16.3. The van der Waals surface area contributed by atoms with Gasteiger partial charge >= 0.3 is 0 Å². The molecule has 0 saturated heterocycles. The van der Waals surface area contributed by atoms with Gasteiger partial charge in [0.25, 0.3) is 5.91 Å². The number of aliphatic hydroxyl groups excluding tert-OH is 1. The Morgan fingerprint density at radius 1 is 1.15 bits per heavy atom. The van der Waals surface area contributed by atoms with E-state index in [0.29, 0.717) is 12.1 Å². The van der Waals surface area contributed by atoms with E-state index < -0.39 is 0 Å². The highest BCUT2D eigenvalue weighted by Crippen LogP contribution is 2.38. The molecule has 0 unspecified atom stereocenters.